The first-order valence-corrected chi connectivity index (χ1v) is 5.81. The Hall–Kier alpha value is -0.390. The van der Waals surface area contributed by atoms with Crippen LogP contribution >= 0.6 is 24.8 Å². The molecule has 1 unspecified atom stereocenters. The summed E-state index contributed by atoms with van der Waals surface area (Å²) in [5, 5.41) is 0. The maximum Gasteiger partial charge on any atom is 0.0824 e. The van der Waals surface area contributed by atoms with E-state index in [4.69, 9.17) is 10.5 Å². The lowest BCUT2D eigenvalue weighted by atomic mass is 10.2. The molecule has 1 aromatic rings. The number of nitrogens with zero attached hydrogens (tertiary/aromatic N) is 2. The molecular weight excluding hydrogens is 273 g/mol. The molecule has 2 N–H and O–H groups in total. The molecule has 0 amide bonds. The minimum Gasteiger partial charge on any atom is -0.374 e. The standard InChI is InChI=1S/C12H19N3O.2ClH/c13-8-12-10-15(6-7-16-12)5-3-11-2-1-4-14-9-11;;/h1-2,4,9,12H,3,5-8,10,13H2;2*1H. The van der Waals surface area contributed by atoms with Crippen molar-refractivity contribution in [1.82, 2.24) is 9.88 Å². The number of hydrogen-bond acceptors (Lipinski definition) is 4. The van der Waals surface area contributed by atoms with E-state index in [1.54, 1.807) is 0 Å². The van der Waals surface area contributed by atoms with Crippen molar-refractivity contribution < 1.29 is 4.74 Å². The van der Waals surface area contributed by atoms with Crippen molar-refractivity contribution >= 4 is 24.8 Å². The van der Waals surface area contributed by atoms with Gasteiger partial charge in [-0.25, -0.2) is 0 Å². The summed E-state index contributed by atoms with van der Waals surface area (Å²) in [6, 6.07) is 4.10. The highest BCUT2D eigenvalue weighted by atomic mass is 35.5. The Kier molecular flexibility index (Phi) is 9.32. The number of ether oxygens (including phenoxy) is 1. The Labute approximate surface area is 121 Å². The van der Waals surface area contributed by atoms with Crippen molar-refractivity contribution in [2.45, 2.75) is 12.5 Å². The van der Waals surface area contributed by atoms with Crippen LogP contribution in [0.5, 0.6) is 0 Å². The average molecular weight is 294 g/mol. The molecule has 1 aromatic heterocycles. The third-order valence-electron chi connectivity index (χ3n) is 2.93. The van der Waals surface area contributed by atoms with Crippen LogP contribution in [0.25, 0.3) is 0 Å². The molecule has 104 valence electrons. The summed E-state index contributed by atoms with van der Waals surface area (Å²) in [5.41, 5.74) is 6.90. The summed E-state index contributed by atoms with van der Waals surface area (Å²) in [6.07, 6.45) is 5.00. The van der Waals surface area contributed by atoms with Crippen LogP contribution in [-0.2, 0) is 11.2 Å². The van der Waals surface area contributed by atoms with Gasteiger partial charge in [0.15, 0.2) is 0 Å². The molecule has 1 fully saturated rings. The van der Waals surface area contributed by atoms with Gasteiger partial charge in [-0.2, -0.15) is 0 Å². The lowest BCUT2D eigenvalue weighted by molar-refractivity contribution is -0.0226. The maximum absolute atomic E-state index is 5.61. The molecule has 6 heteroatoms. The predicted molar refractivity (Wildman–Crippen MR) is 77.7 cm³/mol. The second-order valence-electron chi connectivity index (χ2n) is 4.14. The average Bonchev–Trinajstić information content (AvgIpc) is 2.38. The molecule has 1 aliphatic rings. The Balaban J connectivity index is 0.00000144. The van der Waals surface area contributed by atoms with Crippen LogP contribution in [0.3, 0.4) is 0 Å². The van der Waals surface area contributed by atoms with E-state index in [0.717, 1.165) is 32.7 Å². The van der Waals surface area contributed by atoms with Crippen LogP contribution in [0.15, 0.2) is 24.5 Å². The summed E-state index contributed by atoms with van der Waals surface area (Å²) < 4.78 is 5.53. The summed E-state index contributed by atoms with van der Waals surface area (Å²) >= 11 is 0. The van der Waals surface area contributed by atoms with E-state index in [-0.39, 0.29) is 30.9 Å². The Bertz CT molecular complexity index is 313. The summed E-state index contributed by atoms with van der Waals surface area (Å²) in [6.45, 7) is 4.44. The van der Waals surface area contributed by atoms with Gasteiger partial charge in [-0.15, -0.1) is 24.8 Å². The van der Waals surface area contributed by atoms with Crippen molar-refractivity contribution in [3.63, 3.8) is 0 Å². The second kappa shape index (κ2) is 9.53. The smallest absolute Gasteiger partial charge is 0.0824 e. The quantitative estimate of drug-likeness (QED) is 0.904. The summed E-state index contributed by atoms with van der Waals surface area (Å²) in [4.78, 5) is 6.53. The van der Waals surface area contributed by atoms with Crippen molar-refractivity contribution in [2.75, 3.05) is 32.8 Å². The van der Waals surface area contributed by atoms with E-state index >= 15 is 0 Å². The normalized spacial score (nSPS) is 19.7. The molecule has 4 nitrogen and oxygen atoms in total. The number of aromatic nitrogens is 1. The van der Waals surface area contributed by atoms with E-state index < -0.39 is 0 Å². The van der Waals surface area contributed by atoms with E-state index in [2.05, 4.69) is 16.0 Å². The Morgan fingerprint density at radius 1 is 1.44 bits per heavy atom. The lowest BCUT2D eigenvalue weighted by Crippen LogP contribution is -2.46. The van der Waals surface area contributed by atoms with Gasteiger partial charge in [0.05, 0.1) is 12.7 Å². The van der Waals surface area contributed by atoms with Gasteiger partial charge < -0.3 is 10.5 Å². The van der Waals surface area contributed by atoms with Gasteiger partial charge in [0.2, 0.25) is 0 Å². The van der Waals surface area contributed by atoms with Crippen LogP contribution in [0.1, 0.15) is 5.56 Å². The van der Waals surface area contributed by atoms with Gasteiger partial charge >= 0.3 is 0 Å². The van der Waals surface area contributed by atoms with Crippen LogP contribution in [-0.4, -0.2) is 48.8 Å². The second-order valence-corrected chi connectivity index (χ2v) is 4.14. The highest BCUT2D eigenvalue weighted by molar-refractivity contribution is 5.85. The van der Waals surface area contributed by atoms with Gasteiger partial charge in [-0.3, -0.25) is 9.88 Å². The van der Waals surface area contributed by atoms with Crippen LogP contribution in [0.4, 0.5) is 0 Å². The molecule has 0 aromatic carbocycles. The third-order valence-corrected chi connectivity index (χ3v) is 2.93. The van der Waals surface area contributed by atoms with Gasteiger partial charge in [-0.1, -0.05) is 6.07 Å². The Morgan fingerprint density at radius 3 is 2.94 bits per heavy atom. The summed E-state index contributed by atoms with van der Waals surface area (Å²) in [5.74, 6) is 0. The minimum atomic E-state index is 0. The molecule has 2 rings (SSSR count). The first-order chi connectivity index (χ1) is 7.88. The van der Waals surface area contributed by atoms with E-state index in [0.29, 0.717) is 6.54 Å². The molecule has 1 saturated heterocycles. The fourth-order valence-corrected chi connectivity index (χ4v) is 1.96. The van der Waals surface area contributed by atoms with Crippen LogP contribution in [0.2, 0.25) is 0 Å². The number of morpholine rings is 1. The maximum atomic E-state index is 5.61. The summed E-state index contributed by atoms with van der Waals surface area (Å²) in [7, 11) is 0. The van der Waals surface area contributed by atoms with Crippen molar-refractivity contribution in [3.8, 4) is 0 Å². The molecule has 0 radical (unpaired) electrons. The third kappa shape index (κ3) is 5.50. The number of halogens is 2. The predicted octanol–water partition coefficient (Wildman–Crippen LogP) is 1.13. The Morgan fingerprint density at radius 2 is 2.28 bits per heavy atom. The first kappa shape index (κ1) is 17.6. The van der Waals surface area contributed by atoms with E-state index in [9.17, 15) is 0 Å². The largest absolute Gasteiger partial charge is 0.374 e. The number of pyridine rings is 1. The first-order valence-electron chi connectivity index (χ1n) is 5.81. The van der Waals surface area contributed by atoms with Gasteiger partial charge in [0.1, 0.15) is 0 Å². The zero-order valence-electron chi connectivity index (χ0n) is 10.3. The minimum absolute atomic E-state index is 0. The van der Waals surface area contributed by atoms with Crippen molar-refractivity contribution in [1.29, 1.82) is 0 Å². The van der Waals surface area contributed by atoms with E-state index in [1.807, 2.05) is 18.5 Å². The molecule has 0 aliphatic carbocycles. The molecule has 0 spiro atoms. The zero-order valence-corrected chi connectivity index (χ0v) is 12.0. The molecule has 1 atom stereocenters. The van der Waals surface area contributed by atoms with Crippen molar-refractivity contribution in [2.24, 2.45) is 5.73 Å². The lowest BCUT2D eigenvalue weighted by Gasteiger charge is -2.32. The monoisotopic (exact) mass is 293 g/mol. The highest BCUT2D eigenvalue weighted by Gasteiger charge is 2.18. The molecule has 2 heterocycles. The van der Waals surface area contributed by atoms with Crippen LogP contribution in [0, 0.1) is 0 Å². The topological polar surface area (TPSA) is 51.4 Å². The molecule has 0 saturated carbocycles. The van der Waals surface area contributed by atoms with Crippen LogP contribution < -0.4 is 5.73 Å². The molecule has 0 bridgehead atoms. The SMILES string of the molecule is Cl.Cl.NCC1CN(CCc2cccnc2)CCO1. The van der Waals surface area contributed by atoms with Gasteiger partial charge in [0.25, 0.3) is 0 Å². The fourth-order valence-electron chi connectivity index (χ4n) is 1.96. The number of hydrogen-bond donors (Lipinski definition) is 1. The molecule has 1 aliphatic heterocycles. The van der Waals surface area contributed by atoms with E-state index in [1.165, 1.54) is 5.56 Å². The highest BCUT2D eigenvalue weighted by Crippen LogP contribution is 2.06. The van der Waals surface area contributed by atoms with Gasteiger partial charge in [-0.05, 0) is 18.1 Å². The molecular formula is C12H21Cl2N3O. The van der Waals surface area contributed by atoms with Crippen molar-refractivity contribution in [3.05, 3.63) is 30.1 Å². The molecule has 18 heavy (non-hydrogen) atoms. The fraction of sp³-hybridized carbons (Fsp3) is 0.583. The van der Waals surface area contributed by atoms with Gasteiger partial charge in [0, 0.05) is 38.6 Å². The number of rotatable bonds is 4. The zero-order chi connectivity index (χ0) is 11.2. The number of nitrogens with two attached hydrogens (primary N) is 1.